The molecule has 0 atom stereocenters. The van der Waals surface area contributed by atoms with Crippen LogP contribution in [0.25, 0.3) is 0 Å². The van der Waals surface area contributed by atoms with Crippen LogP contribution in [-0.2, 0) is 16.5 Å². The maximum absolute atomic E-state index is 10.9. The van der Waals surface area contributed by atoms with Gasteiger partial charge in [-0.3, -0.25) is 4.55 Å². The Hall–Kier alpha value is -0.840. The summed E-state index contributed by atoms with van der Waals surface area (Å²) < 4.78 is 30.6. The molecule has 15 heavy (non-hydrogen) atoms. The average Bonchev–Trinajstić information content (AvgIpc) is 2.15. The number of rotatable bonds is 3. The van der Waals surface area contributed by atoms with Crippen LogP contribution in [0.2, 0.25) is 0 Å². The standard InChI is InChI=1S/C10H11ClO3S/c1-8-4-5-10(15(12,13)14)7-9(8)3-2-6-11/h2,4-7H,3H2,1H3,(H,12,13,14). The molecule has 1 N–H and O–H groups in total. The van der Waals surface area contributed by atoms with E-state index in [-0.39, 0.29) is 4.90 Å². The molecule has 0 aromatic heterocycles. The van der Waals surface area contributed by atoms with E-state index in [0.717, 1.165) is 11.1 Å². The van der Waals surface area contributed by atoms with Gasteiger partial charge < -0.3 is 0 Å². The summed E-state index contributed by atoms with van der Waals surface area (Å²) >= 11 is 5.39. The van der Waals surface area contributed by atoms with Gasteiger partial charge in [-0.2, -0.15) is 8.42 Å². The Kier molecular flexibility index (Phi) is 3.90. The van der Waals surface area contributed by atoms with Crippen molar-refractivity contribution in [3.05, 3.63) is 40.9 Å². The lowest BCUT2D eigenvalue weighted by atomic mass is 10.1. The Bertz CT molecular complexity index is 477. The van der Waals surface area contributed by atoms with Crippen molar-refractivity contribution < 1.29 is 13.0 Å². The maximum Gasteiger partial charge on any atom is 0.294 e. The molecular formula is C10H11ClO3S. The van der Waals surface area contributed by atoms with Gasteiger partial charge in [0.25, 0.3) is 10.1 Å². The Morgan fingerprint density at radius 3 is 2.67 bits per heavy atom. The first-order valence-corrected chi connectivity index (χ1v) is 6.15. The van der Waals surface area contributed by atoms with Gasteiger partial charge in [0.05, 0.1) is 4.90 Å². The Morgan fingerprint density at radius 1 is 1.47 bits per heavy atom. The molecule has 0 amide bonds. The lowest BCUT2D eigenvalue weighted by Crippen LogP contribution is -2.00. The number of benzene rings is 1. The third-order valence-corrected chi connectivity index (χ3v) is 3.07. The first kappa shape index (κ1) is 12.2. The van der Waals surface area contributed by atoms with Crippen LogP contribution in [0.1, 0.15) is 11.1 Å². The predicted octanol–water partition coefficient (Wildman–Crippen LogP) is 2.54. The van der Waals surface area contributed by atoms with E-state index in [1.54, 1.807) is 12.1 Å². The molecule has 0 radical (unpaired) electrons. The van der Waals surface area contributed by atoms with Gasteiger partial charge in [0, 0.05) is 5.54 Å². The fourth-order valence-electron chi connectivity index (χ4n) is 1.20. The molecule has 1 aromatic carbocycles. The highest BCUT2D eigenvalue weighted by atomic mass is 35.5. The van der Waals surface area contributed by atoms with Gasteiger partial charge in [-0.05, 0) is 36.6 Å². The van der Waals surface area contributed by atoms with Crippen LogP contribution in [0.15, 0.2) is 34.7 Å². The van der Waals surface area contributed by atoms with Crippen LogP contribution in [0.4, 0.5) is 0 Å². The quantitative estimate of drug-likeness (QED) is 0.834. The van der Waals surface area contributed by atoms with E-state index in [1.807, 2.05) is 6.92 Å². The normalized spacial score (nSPS) is 12.2. The monoisotopic (exact) mass is 246 g/mol. The minimum atomic E-state index is -4.12. The van der Waals surface area contributed by atoms with E-state index in [4.69, 9.17) is 16.2 Å². The Morgan fingerprint density at radius 2 is 2.13 bits per heavy atom. The van der Waals surface area contributed by atoms with Gasteiger partial charge in [-0.15, -0.1) is 0 Å². The molecule has 0 unspecified atom stereocenters. The Labute approximate surface area is 94.1 Å². The Balaban J connectivity index is 3.17. The second kappa shape index (κ2) is 4.79. The van der Waals surface area contributed by atoms with Crippen LogP contribution in [0, 0.1) is 6.92 Å². The molecule has 3 nitrogen and oxygen atoms in total. The second-order valence-electron chi connectivity index (χ2n) is 3.13. The minimum Gasteiger partial charge on any atom is -0.282 e. The van der Waals surface area contributed by atoms with Crippen LogP contribution in [0.5, 0.6) is 0 Å². The van der Waals surface area contributed by atoms with Gasteiger partial charge >= 0.3 is 0 Å². The fraction of sp³-hybridized carbons (Fsp3) is 0.200. The largest absolute Gasteiger partial charge is 0.294 e. The first-order valence-electron chi connectivity index (χ1n) is 4.27. The zero-order chi connectivity index (χ0) is 11.5. The fourth-order valence-corrected chi connectivity index (χ4v) is 1.82. The lowest BCUT2D eigenvalue weighted by Gasteiger charge is -2.04. The number of aryl methyl sites for hydroxylation is 1. The molecule has 0 aliphatic carbocycles. The van der Waals surface area contributed by atoms with E-state index in [0.29, 0.717) is 6.42 Å². The summed E-state index contributed by atoms with van der Waals surface area (Å²) in [6.07, 6.45) is 2.25. The van der Waals surface area contributed by atoms with Crippen molar-refractivity contribution in [3.8, 4) is 0 Å². The summed E-state index contributed by atoms with van der Waals surface area (Å²) in [5.41, 5.74) is 3.15. The van der Waals surface area contributed by atoms with Gasteiger partial charge in [0.15, 0.2) is 0 Å². The SMILES string of the molecule is Cc1ccc(S(=O)(=O)O)cc1CC=CCl. The van der Waals surface area contributed by atoms with Crippen LogP contribution >= 0.6 is 11.6 Å². The van der Waals surface area contributed by atoms with Crippen LogP contribution < -0.4 is 0 Å². The second-order valence-corrected chi connectivity index (χ2v) is 4.80. The first-order chi connectivity index (χ1) is 6.95. The summed E-state index contributed by atoms with van der Waals surface area (Å²) in [7, 11) is -4.12. The van der Waals surface area contributed by atoms with Crippen molar-refractivity contribution in [1.82, 2.24) is 0 Å². The van der Waals surface area contributed by atoms with E-state index < -0.39 is 10.1 Å². The number of halogens is 1. The molecule has 0 fully saturated rings. The molecule has 0 saturated carbocycles. The summed E-state index contributed by atoms with van der Waals surface area (Å²) in [6.45, 7) is 1.87. The van der Waals surface area contributed by atoms with Crippen molar-refractivity contribution in [2.75, 3.05) is 0 Å². The highest BCUT2D eigenvalue weighted by Crippen LogP contribution is 2.16. The van der Waals surface area contributed by atoms with Crippen molar-refractivity contribution in [3.63, 3.8) is 0 Å². The van der Waals surface area contributed by atoms with E-state index in [2.05, 4.69) is 0 Å². The zero-order valence-electron chi connectivity index (χ0n) is 8.14. The molecule has 0 spiro atoms. The van der Waals surface area contributed by atoms with Crippen LogP contribution in [-0.4, -0.2) is 13.0 Å². The molecule has 82 valence electrons. The predicted molar refractivity (Wildman–Crippen MR) is 59.7 cm³/mol. The lowest BCUT2D eigenvalue weighted by molar-refractivity contribution is 0.483. The third kappa shape index (κ3) is 3.34. The van der Waals surface area contributed by atoms with Gasteiger partial charge in [-0.1, -0.05) is 23.7 Å². The summed E-state index contributed by atoms with van der Waals surface area (Å²) in [5.74, 6) is 0. The van der Waals surface area contributed by atoms with Crippen molar-refractivity contribution >= 4 is 21.7 Å². The maximum atomic E-state index is 10.9. The highest BCUT2D eigenvalue weighted by molar-refractivity contribution is 7.85. The smallest absolute Gasteiger partial charge is 0.282 e. The van der Waals surface area contributed by atoms with Gasteiger partial charge in [0.2, 0.25) is 0 Å². The van der Waals surface area contributed by atoms with Crippen molar-refractivity contribution in [1.29, 1.82) is 0 Å². The van der Waals surface area contributed by atoms with Gasteiger partial charge in [0.1, 0.15) is 0 Å². The highest BCUT2D eigenvalue weighted by Gasteiger charge is 2.10. The number of allylic oxidation sites excluding steroid dienone is 1. The van der Waals surface area contributed by atoms with Crippen LogP contribution in [0.3, 0.4) is 0 Å². The van der Waals surface area contributed by atoms with Crippen molar-refractivity contribution in [2.24, 2.45) is 0 Å². The summed E-state index contributed by atoms with van der Waals surface area (Å²) in [4.78, 5) is -0.0916. The molecule has 0 saturated heterocycles. The molecule has 1 aromatic rings. The molecule has 1 rings (SSSR count). The number of hydrogen-bond acceptors (Lipinski definition) is 2. The molecule has 0 aliphatic heterocycles. The molecular weight excluding hydrogens is 236 g/mol. The zero-order valence-corrected chi connectivity index (χ0v) is 9.72. The number of hydrogen-bond donors (Lipinski definition) is 1. The topological polar surface area (TPSA) is 54.4 Å². The third-order valence-electron chi connectivity index (χ3n) is 2.05. The summed E-state index contributed by atoms with van der Waals surface area (Å²) in [5, 5.41) is 0. The van der Waals surface area contributed by atoms with E-state index >= 15 is 0 Å². The molecule has 0 bridgehead atoms. The average molecular weight is 247 g/mol. The van der Waals surface area contributed by atoms with E-state index in [9.17, 15) is 8.42 Å². The molecule has 5 heteroatoms. The molecule has 0 aliphatic rings. The molecule has 0 heterocycles. The summed E-state index contributed by atoms with van der Waals surface area (Å²) in [6, 6.07) is 4.47. The minimum absolute atomic E-state index is 0.0916. The van der Waals surface area contributed by atoms with Gasteiger partial charge in [-0.25, -0.2) is 0 Å². The van der Waals surface area contributed by atoms with E-state index in [1.165, 1.54) is 17.7 Å². The van der Waals surface area contributed by atoms with Crippen molar-refractivity contribution in [2.45, 2.75) is 18.2 Å².